The average molecular weight is 299 g/mol. The molecule has 6 nitrogen and oxygen atoms in total. The maximum Gasteiger partial charge on any atom is 0.267 e. The molecule has 0 unspecified atom stereocenters. The van der Waals surface area contributed by atoms with Gasteiger partial charge in [0.05, 0.1) is 0 Å². The number of carbonyl (C=O) groups is 1. The average Bonchev–Trinajstić information content (AvgIpc) is 2.99. The number of aromatic nitrogens is 1. The Morgan fingerprint density at radius 3 is 2.74 bits per heavy atom. The van der Waals surface area contributed by atoms with Gasteiger partial charge in [-0.2, -0.15) is 0 Å². The predicted octanol–water partition coefficient (Wildman–Crippen LogP) is 0.696. The number of rotatable bonds is 5. The maximum atomic E-state index is 11.6. The number of carbonyl (C=O) groups excluding carboxylic acids is 1. The van der Waals surface area contributed by atoms with Crippen molar-refractivity contribution in [3.8, 4) is 0 Å². The molecular weight excluding hydrogens is 286 g/mol. The van der Waals surface area contributed by atoms with Crippen molar-refractivity contribution >= 4 is 27.3 Å². The number of nitrogens with one attached hydrogen (secondary N) is 2. The zero-order valence-corrected chi connectivity index (χ0v) is 11.6. The Morgan fingerprint density at radius 2 is 2.16 bits per heavy atom. The zero-order chi connectivity index (χ0) is 13.9. The summed E-state index contributed by atoms with van der Waals surface area (Å²) in [7, 11) is -3.63. The summed E-state index contributed by atoms with van der Waals surface area (Å²) in [4.78, 5) is 15.3. The van der Waals surface area contributed by atoms with E-state index in [9.17, 15) is 13.2 Å². The first-order valence-electron chi connectivity index (χ1n) is 5.50. The quantitative estimate of drug-likeness (QED) is 0.756. The minimum Gasteiger partial charge on any atom is -0.357 e. The van der Waals surface area contributed by atoms with Crippen molar-refractivity contribution in [2.75, 3.05) is 6.54 Å². The molecule has 0 saturated carbocycles. The smallest absolute Gasteiger partial charge is 0.267 e. The van der Waals surface area contributed by atoms with Crippen molar-refractivity contribution in [3.63, 3.8) is 0 Å². The van der Waals surface area contributed by atoms with E-state index in [0.717, 1.165) is 16.2 Å². The molecule has 0 bridgehead atoms. The molecule has 2 aromatic rings. The molecule has 102 valence electrons. The summed E-state index contributed by atoms with van der Waals surface area (Å²) in [5.74, 6) is -0.187. The topological polar surface area (TPSA) is 105 Å². The van der Waals surface area contributed by atoms with E-state index in [4.69, 9.17) is 5.14 Å². The van der Waals surface area contributed by atoms with E-state index in [1.165, 1.54) is 6.07 Å². The van der Waals surface area contributed by atoms with Gasteiger partial charge < -0.3 is 10.3 Å². The van der Waals surface area contributed by atoms with Crippen LogP contribution in [0.2, 0.25) is 0 Å². The highest BCUT2D eigenvalue weighted by Crippen LogP contribution is 2.20. The number of sulfonamides is 1. The Bertz CT molecular complexity index is 659. The highest BCUT2D eigenvalue weighted by atomic mass is 32.2. The van der Waals surface area contributed by atoms with Crippen molar-refractivity contribution in [2.24, 2.45) is 5.14 Å². The first-order valence-corrected chi connectivity index (χ1v) is 7.86. The SMILES string of the molecule is NS(=O)(=O)c1ccc(CCNC(=O)c2ccc[nH]2)s1. The van der Waals surface area contributed by atoms with Gasteiger partial charge in [0.15, 0.2) is 0 Å². The minimum absolute atomic E-state index is 0.137. The van der Waals surface area contributed by atoms with Crippen molar-refractivity contribution < 1.29 is 13.2 Å². The Kier molecular flexibility index (Phi) is 4.03. The monoisotopic (exact) mass is 299 g/mol. The van der Waals surface area contributed by atoms with Crippen LogP contribution in [0.3, 0.4) is 0 Å². The van der Waals surface area contributed by atoms with Gasteiger partial charge in [-0.1, -0.05) is 0 Å². The van der Waals surface area contributed by atoms with Gasteiger partial charge in [-0.15, -0.1) is 11.3 Å². The molecule has 0 aromatic carbocycles. The molecular formula is C11H13N3O3S2. The largest absolute Gasteiger partial charge is 0.357 e. The molecule has 0 saturated heterocycles. The first kappa shape index (κ1) is 13.8. The zero-order valence-electron chi connectivity index (χ0n) is 9.92. The van der Waals surface area contributed by atoms with Crippen LogP contribution in [0, 0.1) is 0 Å². The van der Waals surface area contributed by atoms with Crippen LogP contribution in [0.1, 0.15) is 15.4 Å². The summed E-state index contributed by atoms with van der Waals surface area (Å²) in [6.45, 7) is 0.433. The highest BCUT2D eigenvalue weighted by molar-refractivity contribution is 7.91. The van der Waals surface area contributed by atoms with Crippen LogP contribution in [-0.4, -0.2) is 25.9 Å². The van der Waals surface area contributed by atoms with Crippen LogP contribution in [0.5, 0.6) is 0 Å². The molecule has 0 aliphatic heterocycles. The summed E-state index contributed by atoms with van der Waals surface area (Å²) < 4.78 is 22.3. The lowest BCUT2D eigenvalue weighted by Gasteiger charge is -2.02. The lowest BCUT2D eigenvalue weighted by molar-refractivity contribution is 0.0950. The number of hydrogen-bond donors (Lipinski definition) is 3. The Balaban J connectivity index is 1.86. The number of amides is 1. The van der Waals surface area contributed by atoms with Crippen LogP contribution >= 0.6 is 11.3 Å². The molecule has 2 aromatic heterocycles. The Morgan fingerprint density at radius 1 is 1.37 bits per heavy atom. The molecule has 0 aliphatic rings. The Hall–Kier alpha value is -1.64. The summed E-state index contributed by atoms with van der Waals surface area (Å²) in [6.07, 6.45) is 2.24. The fourth-order valence-corrected chi connectivity index (χ4v) is 3.29. The van der Waals surface area contributed by atoms with E-state index >= 15 is 0 Å². The fraction of sp³-hybridized carbons (Fsp3) is 0.182. The van der Waals surface area contributed by atoms with E-state index in [2.05, 4.69) is 10.3 Å². The van der Waals surface area contributed by atoms with E-state index in [-0.39, 0.29) is 10.1 Å². The van der Waals surface area contributed by atoms with Crippen LogP contribution in [-0.2, 0) is 16.4 Å². The van der Waals surface area contributed by atoms with Crippen LogP contribution in [0.4, 0.5) is 0 Å². The third-order valence-corrected chi connectivity index (χ3v) is 5.00. The first-order chi connectivity index (χ1) is 8.97. The lowest BCUT2D eigenvalue weighted by Crippen LogP contribution is -2.25. The van der Waals surface area contributed by atoms with Gasteiger partial charge >= 0.3 is 0 Å². The van der Waals surface area contributed by atoms with Gasteiger partial charge in [0.2, 0.25) is 10.0 Å². The van der Waals surface area contributed by atoms with Gasteiger partial charge in [-0.3, -0.25) is 4.79 Å². The molecule has 0 atom stereocenters. The van der Waals surface area contributed by atoms with Crippen LogP contribution in [0.25, 0.3) is 0 Å². The molecule has 0 spiro atoms. The van der Waals surface area contributed by atoms with Gasteiger partial charge in [0.25, 0.3) is 5.91 Å². The number of nitrogens with two attached hydrogens (primary N) is 1. The molecule has 0 aliphatic carbocycles. The van der Waals surface area contributed by atoms with E-state index in [1.54, 1.807) is 24.4 Å². The third kappa shape index (κ3) is 3.66. The van der Waals surface area contributed by atoms with Crippen molar-refractivity contribution in [1.29, 1.82) is 0 Å². The highest BCUT2D eigenvalue weighted by Gasteiger charge is 2.11. The molecule has 19 heavy (non-hydrogen) atoms. The van der Waals surface area contributed by atoms with Gasteiger partial charge in [0.1, 0.15) is 9.90 Å². The molecule has 8 heteroatoms. The molecule has 2 heterocycles. The second-order valence-electron chi connectivity index (χ2n) is 3.86. The second kappa shape index (κ2) is 5.55. The number of aromatic amines is 1. The van der Waals surface area contributed by atoms with Crippen molar-refractivity contribution in [1.82, 2.24) is 10.3 Å². The van der Waals surface area contributed by atoms with E-state index in [1.807, 2.05) is 0 Å². The summed E-state index contributed by atoms with van der Waals surface area (Å²) in [6, 6.07) is 6.60. The standard InChI is InChI=1S/C11H13N3O3S2/c12-19(16,17)10-4-3-8(18-10)5-7-14-11(15)9-2-1-6-13-9/h1-4,6,13H,5,7H2,(H,14,15)(H2,12,16,17). The third-order valence-electron chi connectivity index (χ3n) is 2.42. The lowest BCUT2D eigenvalue weighted by atomic mass is 10.3. The van der Waals surface area contributed by atoms with Gasteiger partial charge in [0, 0.05) is 17.6 Å². The molecule has 0 radical (unpaired) electrons. The van der Waals surface area contributed by atoms with Crippen LogP contribution < -0.4 is 10.5 Å². The molecule has 2 rings (SSSR count). The molecule has 4 N–H and O–H groups in total. The molecule has 0 fully saturated rings. The molecule has 1 amide bonds. The number of H-pyrrole nitrogens is 1. The van der Waals surface area contributed by atoms with E-state index in [0.29, 0.717) is 18.7 Å². The van der Waals surface area contributed by atoms with Crippen molar-refractivity contribution in [2.45, 2.75) is 10.6 Å². The second-order valence-corrected chi connectivity index (χ2v) is 6.81. The van der Waals surface area contributed by atoms with Crippen molar-refractivity contribution in [3.05, 3.63) is 41.0 Å². The van der Waals surface area contributed by atoms with Crippen LogP contribution in [0.15, 0.2) is 34.7 Å². The number of primary sulfonamides is 1. The van der Waals surface area contributed by atoms with Gasteiger partial charge in [-0.05, 0) is 30.7 Å². The van der Waals surface area contributed by atoms with Gasteiger partial charge in [-0.25, -0.2) is 13.6 Å². The van der Waals surface area contributed by atoms with E-state index < -0.39 is 10.0 Å². The summed E-state index contributed by atoms with van der Waals surface area (Å²) in [5, 5.41) is 7.76. The summed E-state index contributed by atoms with van der Waals surface area (Å²) >= 11 is 1.12. The fourth-order valence-electron chi connectivity index (χ4n) is 1.51. The number of hydrogen-bond acceptors (Lipinski definition) is 4. The Labute approximate surface area is 114 Å². The minimum atomic E-state index is -3.63. The predicted molar refractivity (Wildman–Crippen MR) is 72.5 cm³/mol. The maximum absolute atomic E-state index is 11.6. The number of thiophene rings is 1. The summed E-state index contributed by atoms with van der Waals surface area (Å²) in [5.41, 5.74) is 0.497. The normalized spacial score (nSPS) is 11.4.